The summed E-state index contributed by atoms with van der Waals surface area (Å²) in [4.78, 5) is 17.0. The molecule has 2 rings (SSSR count). The van der Waals surface area contributed by atoms with Gasteiger partial charge < -0.3 is 5.43 Å². The van der Waals surface area contributed by atoms with Gasteiger partial charge in [-0.2, -0.15) is 0 Å². The van der Waals surface area contributed by atoms with Crippen molar-refractivity contribution in [1.82, 2.24) is 9.55 Å². The molecule has 0 saturated heterocycles. The number of anilines is 1. The maximum Gasteiger partial charge on any atom is 0.307 e. The van der Waals surface area contributed by atoms with E-state index in [1.807, 2.05) is 26.0 Å². The van der Waals surface area contributed by atoms with Crippen LogP contribution in [0.15, 0.2) is 23.1 Å². The van der Waals surface area contributed by atoms with Gasteiger partial charge in [-0.05, 0) is 19.9 Å². The Balaban J connectivity index is 2.41. The van der Waals surface area contributed by atoms with E-state index in [4.69, 9.17) is 5.84 Å². The summed E-state index contributed by atoms with van der Waals surface area (Å²) in [5.41, 5.74) is 4.43. The third-order valence-corrected chi connectivity index (χ3v) is 3.73. The molecule has 0 aromatic carbocycles. The number of hydrogen-bond donors (Lipinski definition) is 2. The summed E-state index contributed by atoms with van der Waals surface area (Å²) in [6.45, 7) is 4.38. The van der Waals surface area contributed by atoms with Gasteiger partial charge in [0.2, 0.25) is 0 Å². The van der Waals surface area contributed by atoms with Crippen molar-refractivity contribution >= 4 is 17.2 Å². The number of aryl methyl sites for hydroxylation is 1. The quantitative estimate of drug-likeness (QED) is 0.635. The monoisotopic (exact) mass is 250 g/mol. The number of nitrogens with two attached hydrogens (primary N) is 1. The lowest BCUT2D eigenvalue weighted by Gasteiger charge is -2.09. The zero-order valence-electron chi connectivity index (χ0n) is 9.73. The molecule has 0 bridgehead atoms. The van der Waals surface area contributed by atoms with Gasteiger partial charge in [0.25, 0.3) is 0 Å². The van der Waals surface area contributed by atoms with Crippen molar-refractivity contribution in [2.24, 2.45) is 5.84 Å². The largest absolute Gasteiger partial charge is 0.308 e. The molecule has 0 unspecified atom stereocenters. The minimum Gasteiger partial charge on any atom is -0.308 e. The predicted molar refractivity (Wildman–Crippen MR) is 69.2 cm³/mol. The van der Waals surface area contributed by atoms with Crippen molar-refractivity contribution in [2.45, 2.75) is 20.4 Å². The number of thiazole rings is 1. The first-order chi connectivity index (χ1) is 8.13. The zero-order valence-corrected chi connectivity index (χ0v) is 10.5. The van der Waals surface area contributed by atoms with E-state index < -0.39 is 0 Å². The summed E-state index contributed by atoms with van der Waals surface area (Å²) >= 11 is 1.26. The first-order valence-corrected chi connectivity index (χ1v) is 6.02. The molecule has 6 heteroatoms. The highest BCUT2D eigenvalue weighted by molar-refractivity contribution is 7.09. The van der Waals surface area contributed by atoms with E-state index in [1.54, 1.807) is 10.8 Å². The first-order valence-electron chi connectivity index (χ1n) is 5.21. The van der Waals surface area contributed by atoms with E-state index in [9.17, 15) is 4.79 Å². The van der Waals surface area contributed by atoms with Crippen LogP contribution in [0.5, 0.6) is 0 Å². The third-order valence-electron chi connectivity index (χ3n) is 2.73. The molecule has 0 aliphatic heterocycles. The van der Waals surface area contributed by atoms with E-state index in [-0.39, 0.29) is 4.87 Å². The summed E-state index contributed by atoms with van der Waals surface area (Å²) in [5.74, 6) is 5.99. The molecular formula is C11H14N4OS. The summed E-state index contributed by atoms with van der Waals surface area (Å²) in [6.07, 6.45) is 1.66. The SMILES string of the molecule is Cc1sc(=O)n(Cc2cccnc2NN)c1C. The Morgan fingerprint density at radius 3 is 2.88 bits per heavy atom. The van der Waals surface area contributed by atoms with Crippen LogP contribution in [0, 0.1) is 13.8 Å². The van der Waals surface area contributed by atoms with Gasteiger partial charge >= 0.3 is 4.87 Å². The van der Waals surface area contributed by atoms with Crippen molar-refractivity contribution in [3.63, 3.8) is 0 Å². The average Bonchev–Trinajstić information content (AvgIpc) is 2.57. The smallest absolute Gasteiger partial charge is 0.307 e. The van der Waals surface area contributed by atoms with E-state index in [0.717, 1.165) is 16.1 Å². The van der Waals surface area contributed by atoms with Crippen LogP contribution < -0.4 is 16.1 Å². The van der Waals surface area contributed by atoms with Crippen LogP contribution in [0.4, 0.5) is 5.82 Å². The highest BCUT2D eigenvalue weighted by Gasteiger charge is 2.10. The number of nitrogens with one attached hydrogen (secondary N) is 1. The van der Waals surface area contributed by atoms with E-state index in [2.05, 4.69) is 10.4 Å². The van der Waals surface area contributed by atoms with Crippen LogP contribution >= 0.6 is 11.3 Å². The van der Waals surface area contributed by atoms with Gasteiger partial charge in [0, 0.05) is 22.3 Å². The van der Waals surface area contributed by atoms with Crippen LogP contribution in [-0.2, 0) is 6.54 Å². The van der Waals surface area contributed by atoms with Crippen LogP contribution in [-0.4, -0.2) is 9.55 Å². The second-order valence-corrected chi connectivity index (χ2v) is 4.92. The Labute approximate surface area is 103 Å². The van der Waals surface area contributed by atoms with E-state index in [1.165, 1.54) is 11.3 Å². The Bertz CT molecular complexity index is 587. The zero-order chi connectivity index (χ0) is 12.4. The molecule has 0 radical (unpaired) electrons. The number of rotatable bonds is 3. The third kappa shape index (κ3) is 2.22. The molecule has 0 amide bonds. The van der Waals surface area contributed by atoms with Crippen molar-refractivity contribution in [3.8, 4) is 0 Å². The van der Waals surface area contributed by atoms with Gasteiger partial charge in [-0.3, -0.25) is 9.36 Å². The normalized spacial score (nSPS) is 10.5. The molecule has 0 fully saturated rings. The summed E-state index contributed by atoms with van der Waals surface area (Å²) in [6, 6.07) is 3.73. The van der Waals surface area contributed by atoms with Crippen molar-refractivity contribution < 1.29 is 0 Å². The highest BCUT2D eigenvalue weighted by Crippen LogP contribution is 2.15. The number of hydrogen-bond acceptors (Lipinski definition) is 5. The van der Waals surface area contributed by atoms with Gasteiger partial charge in [0.05, 0.1) is 6.54 Å². The van der Waals surface area contributed by atoms with Gasteiger partial charge in [-0.25, -0.2) is 10.8 Å². The molecule has 5 nitrogen and oxygen atoms in total. The summed E-state index contributed by atoms with van der Waals surface area (Å²) in [7, 11) is 0. The number of nitrogen functional groups attached to an aromatic ring is 1. The molecule has 0 atom stereocenters. The number of hydrazine groups is 1. The molecule has 0 spiro atoms. The molecule has 0 aliphatic carbocycles. The second-order valence-electron chi connectivity index (χ2n) is 3.75. The van der Waals surface area contributed by atoms with Crippen molar-refractivity contribution in [3.05, 3.63) is 44.1 Å². The van der Waals surface area contributed by atoms with Gasteiger partial charge in [-0.15, -0.1) is 0 Å². The number of pyridine rings is 1. The molecule has 2 aromatic heterocycles. The summed E-state index contributed by atoms with van der Waals surface area (Å²) < 4.78 is 1.73. The van der Waals surface area contributed by atoms with Crippen molar-refractivity contribution in [2.75, 3.05) is 5.43 Å². The minimum atomic E-state index is 0.0480. The van der Waals surface area contributed by atoms with E-state index >= 15 is 0 Å². The molecule has 2 heterocycles. The molecule has 2 aromatic rings. The highest BCUT2D eigenvalue weighted by atomic mass is 32.1. The topological polar surface area (TPSA) is 72.9 Å². The Morgan fingerprint density at radius 1 is 1.53 bits per heavy atom. The lowest BCUT2D eigenvalue weighted by atomic mass is 10.2. The second kappa shape index (κ2) is 4.68. The van der Waals surface area contributed by atoms with Crippen LogP contribution in [0.1, 0.15) is 16.1 Å². The van der Waals surface area contributed by atoms with E-state index in [0.29, 0.717) is 12.4 Å². The Morgan fingerprint density at radius 2 is 2.29 bits per heavy atom. The Kier molecular flexibility index (Phi) is 3.26. The molecule has 3 N–H and O–H groups in total. The molecule has 90 valence electrons. The van der Waals surface area contributed by atoms with Crippen molar-refractivity contribution in [1.29, 1.82) is 0 Å². The lowest BCUT2D eigenvalue weighted by molar-refractivity contribution is 0.749. The van der Waals surface area contributed by atoms with Gasteiger partial charge in [0.1, 0.15) is 5.82 Å². The minimum absolute atomic E-state index is 0.0480. The van der Waals surface area contributed by atoms with Gasteiger partial charge in [0.15, 0.2) is 0 Å². The van der Waals surface area contributed by atoms with Crippen LogP contribution in [0.3, 0.4) is 0 Å². The summed E-state index contributed by atoms with van der Waals surface area (Å²) in [5, 5.41) is 0. The fraction of sp³-hybridized carbons (Fsp3) is 0.273. The predicted octanol–water partition coefficient (Wildman–Crippen LogP) is 1.26. The molecule has 0 aliphatic rings. The van der Waals surface area contributed by atoms with Crippen LogP contribution in [0.2, 0.25) is 0 Å². The van der Waals surface area contributed by atoms with Crippen LogP contribution in [0.25, 0.3) is 0 Å². The standard InChI is InChI=1S/C11H14N4OS/c1-7-8(2)17-11(16)15(7)6-9-4-3-5-13-10(9)14-12/h3-5H,6,12H2,1-2H3,(H,13,14). The number of aromatic nitrogens is 2. The first kappa shape index (κ1) is 11.8. The molecule has 17 heavy (non-hydrogen) atoms. The average molecular weight is 250 g/mol. The maximum atomic E-state index is 11.8. The van der Waals surface area contributed by atoms with Gasteiger partial charge in [-0.1, -0.05) is 17.4 Å². The Hall–Kier alpha value is -1.66. The molecule has 0 saturated carbocycles. The lowest BCUT2D eigenvalue weighted by Crippen LogP contribution is -2.18. The number of nitrogens with zero attached hydrogens (tertiary/aromatic N) is 2. The fourth-order valence-electron chi connectivity index (χ4n) is 1.64. The maximum absolute atomic E-state index is 11.8. The molecular weight excluding hydrogens is 236 g/mol. The fourth-order valence-corrected chi connectivity index (χ4v) is 2.47.